The summed E-state index contributed by atoms with van der Waals surface area (Å²) in [5.74, 6) is 0.235. The van der Waals surface area contributed by atoms with Crippen molar-refractivity contribution in [1.29, 1.82) is 0 Å². The summed E-state index contributed by atoms with van der Waals surface area (Å²) in [6.07, 6.45) is 0.889. The van der Waals surface area contributed by atoms with Gasteiger partial charge in [-0.05, 0) is 44.5 Å². The number of nitrogens with zero attached hydrogens (tertiary/aromatic N) is 3. The molecule has 1 aromatic carbocycles. The highest BCUT2D eigenvalue weighted by atomic mass is 16.2. The number of likely N-dealkylation sites (tertiary alicyclic amines) is 1. The highest BCUT2D eigenvalue weighted by Gasteiger charge is 2.34. The Bertz CT molecular complexity index is 714. The first-order chi connectivity index (χ1) is 11.5. The summed E-state index contributed by atoms with van der Waals surface area (Å²) in [4.78, 5) is 21.4. The fourth-order valence-electron chi connectivity index (χ4n) is 3.35. The molecule has 1 fully saturated rings. The molecule has 4 nitrogen and oxygen atoms in total. The lowest BCUT2D eigenvalue weighted by atomic mass is 10.1. The van der Waals surface area contributed by atoms with Crippen LogP contribution >= 0.6 is 0 Å². The first-order valence-corrected chi connectivity index (χ1v) is 8.50. The van der Waals surface area contributed by atoms with Crippen LogP contribution in [0, 0.1) is 13.8 Å². The van der Waals surface area contributed by atoms with Crippen molar-refractivity contribution >= 4 is 5.91 Å². The van der Waals surface area contributed by atoms with Gasteiger partial charge in [-0.1, -0.05) is 36.4 Å². The van der Waals surface area contributed by atoms with Crippen molar-refractivity contribution in [3.63, 3.8) is 0 Å². The first-order valence-electron chi connectivity index (χ1n) is 8.50. The number of carbonyl (C=O) groups is 1. The van der Waals surface area contributed by atoms with E-state index < -0.39 is 0 Å². The van der Waals surface area contributed by atoms with Crippen LogP contribution in [0.4, 0.5) is 0 Å². The quantitative estimate of drug-likeness (QED) is 0.849. The number of aromatic nitrogens is 1. The number of aryl methyl sites for hydroxylation is 2. The number of amides is 1. The molecule has 1 aromatic heterocycles. The van der Waals surface area contributed by atoms with E-state index in [9.17, 15) is 4.79 Å². The zero-order chi connectivity index (χ0) is 17.1. The molecular weight excluding hydrogens is 298 g/mol. The van der Waals surface area contributed by atoms with Crippen LogP contribution in [0.15, 0.2) is 42.5 Å². The van der Waals surface area contributed by atoms with E-state index in [1.54, 1.807) is 0 Å². The average Bonchev–Trinajstić information content (AvgIpc) is 2.92. The molecule has 0 radical (unpaired) electrons. The summed E-state index contributed by atoms with van der Waals surface area (Å²) in [5, 5.41) is 0. The van der Waals surface area contributed by atoms with Crippen molar-refractivity contribution in [1.82, 2.24) is 14.8 Å². The lowest BCUT2D eigenvalue weighted by Crippen LogP contribution is -2.39. The van der Waals surface area contributed by atoms with Gasteiger partial charge in [-0.3, -0.25) is 14.7 Å². The van der Waals surface area contributed by atoms with Crippen molar-refractivity contribution in [2.75, 3.05) is 13.6 Å². The third-order valence-corrected chi connectivity index (χ3v) is 4.77. The Labute approximate surface area is 144 Å². The third kappa shape index (κ3) is 3.65. The Balaban J connectivity index is 1.64. The second-order valence-electron chi connectivity index (χ2n) is 6.66. The van der Waals surface area contributed by atoms with Gasteiger partial charge in [0.15, 0.2) is 0 Å². The average molecular weight is 323 g/mol. The Morgan fingerprint density at radius 2 is 1.92 bits per heavy atom. The van der Waals surface area contributed by atoms with E-state index in [1.165, 1.54) is 11.1 Å². The Morgan fingerprint density at radius 1 is 1.17 bits per heavy atom. The molecule has 1 atom stereocenters. The molecule has 0 saturated carbocycles. The van der Waals surface area contributed by atoms with Gasteiger partial charge >= 0.3 is 0 Å². The number of carbonyl (C=O) groups excluding carboxylic acids is 1. The van der Waals surface area contributed by atoms with Crippen LogP contribution in [-0.4, -0.2) is 40.3 Å². The molecule has 0 bridgehead atoms. The number of rotatable bonds is 5. The highest BCUT2D eigenvalue weighted by molar-refractivity contribution is 5.83. The van der Waals surface area contributed by atoms with Crippen molar-refractivity contribution in [2.24, 2.45) is 0 Å². The summed E-state index contributed by atoms with van der Waals surface area (Å²) >= 11 is 0. The summed E-state index contributed by atoms with van der Waals surface area (Å²) in [6, 6.07) is 14.3. The molecule has 1 amide bonds. The van der Waals surface area contributed by atoms with Crippen molar-refractivity contribution < 1.29 is 4.79 Å². The maximum atomic E-state index is 12.7. The number of hydrogen-bond acceptors (Lipinski definition) is 3. The molecule has 1 aliphatic rings. The van der Waals surface area contributed by atoms with E-state index in [2.05, 4.69) is 28.1 Å². The second-order valence-corrected chi connectivity index (χ2v) is 6.66. The molecule has 4 heteroatoms. The molecule has 2 heterocycles. The largest absolute Gasteiger partial charge is 0.337 e. The Kier molecular flexibility index (Phi) is 4.95. The fourth-order valence-corrected chi connectivity index (χ4v) is 3.35. The normalized spacial score (nSPS) is 17.8. The van der Waals surface area contributed by atoms with Gasteiger partial charge in [-0.15, -0.1) is 0 Å². The van der Waals surface area contributed by atoms with Crippen molar-refractivity contribution in [2.45, 2.75) is 39.4 Å². The molecule has 1 unspecified atom stereocenters. The lowest BCUT2D eigenvalue weighted by molar-refractivity contribution is -0.132. The third-order valence-electron chi connectivity index (χ3n) is 4.77. The van der Waals surface area contributed by atoms with Gasteiger partial charge in [0, 0.05) is 31.0 Å². The van der Waals surface area contributed by atoms with Gasteiger partial charge in [0.2, 0.25) is 5.91 Å². The number of hydrogen-bond donors (Lipinski definition) is 0. The van der Waals surface area contributed by atoms with Crippen LogP contribution in [0.5, 0.6) is 0 Å². The van der Waals surface area contributed by atoms with Gasteiger partial charge in [0.1, 0.15) is 0 Å². The van der Waals surface area contributed by atoms with E-state index in [-0.39, 0.29) is 11.9 Å². The smallest absolute Gasteiger partial charge is 0.240 e. The Hall–Kier alpha value is -2.20. The predicted molar refractivity (Wildman–Crippen MR) is 95.4 cm³/mol. The maximum absolute atomic E-state index is 12.7. The zero-order valence-electron chi connectivity index (χ0n) is 14.7. The predicted octanol–water partition coefficient (Wildman–Crippen LogP) is 2.93. The summed E-state index contributed by atoms with van der Waals surface area (Å²) in [7, 11) is 2.04. The number of pyridine rings is 1. The zero-order valence-corrected chi connectivity index (χ0v) is 14.7. The molecule has 1 saturated heterocycles. The van der Waals surface area contributed by atoms with Crippen LogP contribution in [0.25, 0.3) is 0 Å². The fraction of sp³-hybridized carbons (Fsp3) is 0.400. The van der Waals surface area contributed by atoms with Crippen LogP contribution in [-0.2, 0) is 17.9 Å². The van der Waals surface area contributed by atoms with Crippen LogP contribution in [0.3, 0.4) is 0 Å². The van der Waals surface area contributed by atoms with E-state index >= 15 is 0 Å². The molecule has 0 spiro atoms. The molecule has 3 rings (SSSR count). The molecule has 1 aliphatic heterocycles. The lowest BCUT2D eigenvalue weighted by Gasteiger charge is -2.24. The van der Waals surface area contributed by atoms with Gasteiger partial charge in [-0.25, -0.2) is 0 Å². The van der Waals surface area contributed by atoms with Crippen LogP contribution < -0.4 is 0 Å². The summed E-state index contributed by atoms with van der Waals surface area (Å²) < 4.78 is 0. The molecule has 24 heavy (non-hydrogen) atoms. The van der Waals surface area contributed by atoms with Gasteiger partial charge in [0.25, 0.3) is 0 Å². The molecular formula is C20H25N3O. The highest BCUT2D eigenvalue weighted by Crippen LogP contribution is 2.21. The van der Waals surface area contributed by atoms with Crippen LogP contribution in [0.2, 0.25) is 0 Å². The van der Waals surface area contributed by atoms with E-state index in [1.807, 2.05) is 50.1 Å². The van der Waals surface area contributed by atoms with Gasteiger partial charge in [0.05, 0.1) is 6.04 Å². The molecule has 0 aliphatic carbocycles. The van der Waals surface area contributed by atoms with Gasteiger partial charge in [-0.2, -0.15) is 0 Å². The van der Waals surface area contributed by atoms with Crippen molar-refractivity contribution in [3.05, 3.63) is 65.0 Å². The van der Waals surface area contributed by atoms with Crippen LogP contribution in [0.1, 0.15) is 28.9 Å². The maximum Gasteiger partial charge on any atom is 0.240 e. The SMILES string of the molecule is Cc1ccc(CN(C)C2CCN(Cc3ccccc3)C2=O)c(C)n1. The summed E-state index contributed by atoms with van der Waals surface area (Å²) in [6.45, 7) is 6.33. The number of benzene rings is 1. The minimum absolute atomic E-state index is 0.0329. The first kappa shape index (κ1) is 16.7. The minimum Gasteiger partial charge on any atom is -0.337 e. The Morgan fingerprint density at radius 3 is 2.62 bits per heavy atom. The molecule has 126 valence electrons. The standard InChI is InChI=1S/C20H25N3O/c1-15-9-10-18(16(2)21-15)14-22(3)19-11-12-23(20(19)24)13-17-7-5-4-6-8-17/h4-10,19H,11-14H2,1-3H3. The molecule has 0 N–H and O–H groups in total. The topological polar surface area (TPSA) is 36.4 Å². The summed E-state index contributed by atoms with van der Waals surface area (Å²) in [5.41, 5.74) is 4.46. The molecule has 2 aromatic rings. The van der Waals surface area contributed by atoms with Crippen molar-refractivity contribution in [3.8, 4) is 0 Å². The minimum atomic E-state index is -0.0329. The van der Waals surface area contributed by atoms with E-state index in [0.29, 0.717) is 6.54 Å². The van der Waals surface area contributed by atoms with E-state index in [4.69, 9.17) is 0 Å². The second kappa shape index (κ2) is 7.14. The van der Waals surface area contributed by atoms with Gasteiger partial charge < -0.3 is 4.90 Å². The monoisotopic (exact) mass is 323 g/mol. The van der Waals surface area contributed by atoms with E-state index in [0.717, 1.165) is 30.9 Å². The number of likely N-dealkylation sites (N-methyl/N-ethyl adjacent to an activating group) is 1.